The molecule has 1 aromatic carbocycles. The molecule has 0 atom stereocenters. The van der Waals surface area contributed by atoms with Gasteiger partial charge < -0.3 is 11.1 Å². The fourth-order valence-electron chi connectivity index (χ4n) is 1.05. The van der Waals surface area contributed by atoms with Crippen LogP contribution in [0.1, 0.15) is 22.8 Å². The Hall–Kier alpha value is -1.06. The van der Waals surface area contributed by atoms with E-state index in [0.29, 0.717) is 18.7 Å². The Balaban J connectivity index is 0.00000169. The van der Waals surface area contributed by atoms with Crippen LogP contribution >= 0.6 is 12.4 Å². The number of hydrogen-bond acceptors (Lipinski definition) is 2. The smallest absolute Gasteiger partial charge is 0.251 e. The van der Waals surface area contributed by atoms with Crippen LogP contribution in [0.3, 0.4) is 0 Å². The lowest BCUT2D eigenvalue weighted by Crippen LogP contribution is -2.22. The first-order valence-corrected chi connectivity index (χ1v) is 4.35. The summed E-state index contributed by atoms with van der Waals surface area (Å²) in [6.07, 6.45) is 0. The fourth-order valence-corrected chi connectivity index (χ4v) is 1.05. The van der Waals surface area contributed by atoms with Crippen molar-refractivity contribution in [3.05, 3.63) is 35.4 Å². The Morgan fingerprint density at radius 2 is 1.93 bits per heavy atom. The van der Waals surface area contributed by atoms with Crippen LogP contribution in [0.15, 0.2) is 24.3 Å². The molecular weight excluding hydrogens is 200 g/mol. The largest absolute Gasteiger partial charge is 0.352 e. The van der Waals surface area contributed by atoms with Crippen LogP contribution in [0.5, 0.6) is 0 Å². The molecule has 1 rings (SSSR count). The van der Waals surface area contributed by atoms with Gasteiger partial charge in [-0.1, -0.05) is 12.1 Å². The van der Waals surface area contributed by atoms with Gasteiger partial charge in [0.05, 0.1) is 0 Å². The molecule has 0 aliphatic carbocycles. The number of benzene rings is 1. The van der Waals surface area contributed by atoms with E-state index in [-0.39, 0.29) is 18.3 Å². The van der Waals surface area contributed by atoms with E-state index in [4.69, 9.17) is 5.73 Å². The molecule has 0 unspecified atom stereocenters. The van der Waals surface area contributed by atoms with Crippen molar-refractivity contribution in [2.45, 2.75) is 13.5 Å². The van der Waals surface area contributed by atoms with Gasteiger partial charge in [-0.15, -0.1) is 12.4 Å². The normalized spacial score (nSPS) is 9.00. The minimum Gasteiger partial charge on any atom is -0.352 e. The van der Waals surface area contributed by atoms with Gasteiger partial charge in [-0.2, -0.15) is 0 Å². The van der Waals surface area contributed by atoms with Gasteiger partial charge in [0.15, 0.2) is 0 Å². The molecule has 1 aromatic rings. The van der Waals surface area contributed by atoms with Crippen molar-refractivity contribution in [1.29, 1.82) is 0 Å². The lowest BCUT2D eigenvalue weighted by Gasteiger charge is -2.02. The van der Waals surface area contributed by atoms with Gasteiger partial charge in [0.25, 0.3) is 5.91 Å². The molecule has 0 aliphatic heterocycles. The summed E-state index contributed by atoms with van der Waals surface area (Å²) in [4.78, 5) is 11.3. The lowest BCUT2D eigenvalue weighted by atomic mass is 10.1. The van der Waals surface area contributed by atoms with Crippen molar-refractivity contribution >= 4 is 18.3 Å². The van der Waals surface area contributed by atoms with Crippen molar-refractivity contribution in [3.8, 4) is 0 Å². The zero-order valence-corrected chi connectivity index (χ0v) is 8.93. The second-order valence-electron chi connectivity index (χ2n) is 2.76. The Morgan fingerprint density at radius 1 is 1.36 bits per heavy atom. The van der Waals surface area contributed by atoms with E-state index >= 15 is 0 Å². The molecule has 4 heteroatoms. The zero-order chi connectivity index (χ0) is 9.68. The highest BCUT2D eigenvalue weighted by Crippen LogP contribution is 2.03. The molecular formula is C10H15ClN2O. The number of carbonyl (C=O) groups is 1. The van der Waals surface area contributed by atoms with Crippen molar-refractivity contribution in [2.24, 2.45) is 5.73 Å². The first-order valence-electron chi connectivity index (χ1n) is 4.35. The van der Waals surface area contributed by atoms with Gasteiger partial charge >= 0.3 is 0 Å². The van der Waals surface area contributed by atoms with E-state index in [9.17, 15) is 4.79 Å². The molecule has 0 radical (unpaired) electrons. The highest BCUT2D eigenvalue weighted by molar-refractivity contribution is 5.94. The molecule has 3 N–H and O–H groups in total. The van der Waals surface area contributed by atoms with Crippen LogP contribution in [0.2, 0.25) is 0 Å². The zero-order valence-electron chi connectivity index (χ0n) is 8.12. The monoisotopic (exact) mass is 214 g/mol. The summed E-state index contributed by atoms with van der Waals surface area (Å²) < 4.78 is 0. The summed E-state index contributed by atoms with van der Waals surface area (Å²) in [6, 6.07) is 7.30. The lowest BCUT2D eigenvalue weighted by molar-refractivity contribution is 0.0956. The molecule has 0 spiro atoms. The summed E-state index contributed by atoms with van der Waals surface area (Å²) in [7, 11) is 0. The van der Waals surface area contributed by atoms with Crippen molar-refractivity contribution in [1.82, 2.24) is 5.32 Å². The van der Waals surface area contributed by atoms with Gasteiger partial charge in [-0.25, -0.2) is 0 Å². The SMILES string of the molecule is CCNC(=O)c1ccc(CN)cc1.Cl. The summed E-state index contributed by atoms with van der Waals surface area (Å²) in [5, 5.41) is 2.73. The van der Waals surface area contributed by atoms with Gasteiger partial charge in [-0.05, 0) is 24.6 Å². The number of rotatable bonds is 3. The van der Waals surface area contributed by atoms with Crippen LogP contribution in [0.4, 0.5) is 0 Å². The Bertz CT molecular complexity index is 285. The average molecular weight is 215 g/mol. The molecule has 0 saturated heterocycles. The molecule has 14 heavy (non-hydrogen) atoms. The van der Waals surface area contributed by atoms with E-state index in [1.54, 1.807) is 12.1 Å². The maximum atomic E-state index is 11.3. The molecule has 3 nitrogen and oxygen atoms in total. The van der Waals surface area contributed by atoms with Crippen LogP contribution in [0.25, 0.3) is 0 Å². The van der Waals surface area contributed by atoms with Gasteiger partial charge in [0.2, 0.25) is 0 Å². The minimum absolute atomic E-state index is 0. The Kier molecular flexibility index (Phi) is 5.92. The van der Waals surface area contributed by atoms with Gasteiger partial charge in [-0.3, -0.25) is 4.79 Å². The Morgan fingerprint density at radius 3 is 2.36 bits per heavy atom. The number of carbonyl (C=O) groups excluding carboxylic acids is 1. The second kappa shape index (κ2) is 6.40. The molecule has 78 valence electrons. The van der Waals surface area contributed by atoms with Crippen LogP contribution in [-0.4, -0.2) is 12.5 Å². The molecule has 1 amide bonds. The average Bonchev–Trinajstić information content (AvgIpc) is 2.18. The number of nitrogens with two attached hydrogens (primary N) is 1. The van der Waals surface area contributed by atoms with Crippen LogP contribution in [-0.2, 0) is 6.54 Å². The Labute approximate surface area is 90.1 Å². The maximum absolute atomic E-state index is 11.3. The number of amides is 1. The third kappa shape index (κ3) is 3.36. The van der Waals surface area contributed by atoms with E-state index in [2.05, 4.69) is 5.32 Å². The van der Waals surface area contributed by atoms with Gasteiger partial charge in [0, 0.05) is 18.7 Å². The summed E-state index contributed by atoms with van der Waals surface area (Å²) >= 11 is 0. The van der Waals surface area contributed by atoms with Gasteiger partial charge in [0.1, 0.15) is 0 Å². The van der Waals surface area contributed by atoms with Crippen molar-refractivity contribution in [3.63, 3.8) is 0 Å². The first kappa shape index (κ1) is 12.9. The number of halogens is 1. The van der Waals surface area contributed by atoms with E-state index in [1.807, 2.05) is 19.1 Å². The highest BCUT2D eigenvalue weighted by atomic mass is 35.5. The highest BCUT2D eigenvalue weighted by Gasteiger charge is 2.01. The van der Waals surface area contributed by atoms with Crippen molar-refractivity contribution in [2.75, 3.05) is 6.54 Å². The van der Waals surface area contributed by atoms with Crippen LogP contribution in [0, 0.1) is 0 Å². The molecule has 0 bridgehead atoms. The van der Waals surface area contributed by atoms with Crippen LogP contribution < -0.4 is 11.1 Å². The van der Waals surface area contributed by atoms with Crippen molar-refractivity contribution < 1.29 is 4.79 Å². The predicted octanol–water partition coefficient (Wildman–Crippen LogP) is 1.32. The van der Waals surface area contributed by atoms with E-state index in [1.165, 1.54) is 0 Å². The maximum Gasteiger partial charge on any atom is 0.251 e. The second-order valence-corrected chi connectivity index (χ2v) is 2.76. The molecule has 0 aliphatic rings. The summed E-state index contributed by atoms with van der Waals surface area (Å²) in [6.45, 7) is 3.05. The number of nitrogens with one attached hydrogen (secondary N) is 1. The summed E-state index contributed by atoms with van der Waals surface area (Å²) in [5.41, 5.74) is 7.15. The number of hydrogen-bond donors (Lipinski definition) is 2. The third-order valence-corrected chi connectivity index (χ3v) is 1.79. The standard InChI is InChI=1S/C10H14N2O.ClH/c1-2-12-10(13)9-5-3-8(7-11)4-6-9;/h3-6H,2,7,11H2,1H3,(H,12,13);1H. The molecule has 0 heterocycles. The molecule has 0 fully saturated rings. The minimum atomic E-state index is -0.0360. The third-order valence-electron chi connectivity index (χ3n) is 1.79. The predicted molar refractivity (Wildman–Crippen MR) is 59.6 cm³/mol. The molecule has 0 saturated carbocycles. The quantitative estimate of drug-likeness (QED) is 0.798. The summed E-state index contributed by atoms with van der Waals surface area (Å²) in [5.74, 6) is -0.0360. The van der Waals surface area contributed by atoms with E-state index < -0.39 is 0 Å². The topological polar surface area (TPSA) is 55.1 Å². The first-order chi connectivity index (χ1) is 6.27. The fraction of sp³-hybridized carbons (Fsp3) is 0.300. The molecule has 0 aromatic heterocycles. The van der Waals surface area contributed by atoms with E-state index in [0.717, 1.165) is 5.56 Å².